The van der Waals surface area contributed by atoms with Gasteiger partial charge in [-0.25, -0.2) is 4.39 Å². The monoisotopic (exact) mass is 233 g/mol. The van der Waals surface area contributed by atoms with Crippen LogP contribution in [0.2, 0.25) is 0 Å². The van der Waals surface area contributed by atoms with Crippen molar-refractivity contribution in [1.82, 2.24) is 0 Å². The van der Waals surface area contributed by atoms with Gasteiger partial charge in [0.15, 0.2) is 0 Å². The topological polar surface area (TPSA) is 33.0 Å². The predicted octanol–water partition coefficient (Wildman–Crippen LogP) is 3.34. The van der Waals surface area contributed by atoms with Crippen molar-refractivity contribution in [3.63, 3.8) is 0 Å². The second kappa shape index (κ2) is 4.77. The highest BCUT2D eigenvalue weighted by Crippen LogP contribution is 2.22. The van der Waals surface area contributed by atoms with E-state index in [0.29, 0.717) is 6.61 Å². The maximum Gasteiger partial charge on any atom is 0.144 e. The molecule has 1 aromatic carbocycles. The fourth-order valence-corrected chi connectivity index (χ4v) is 1.89. The lowest BCUT2D eigenvalue weighted by molar-refractivity contribution is 0.307. The van der Waals surface area contributed by atoms with E-state index < -0.39 is 5.82 Å². The quantitative estimate of drug-likeness (QED) is 0.814. The number of hydrogen-bond acceptors (Lipinski definition) is 3. The van der Waals surface area contributed by atoms with Crippen molar-refractivity contribution in [3.8, 4) is 11.8 Å². The molecular weight excluding hydrogens is 225 g/mol. The minimum atomic E-state index is -0.550. The first-order valence-corrected chi connectivity index (χ1v) is 5.53. The molecule has 1 heterocycles. The van der Waals surface area contributed by atoms with E-state index in [1.807, 2.05) is 17.5 Å². The molecule has 2 nitrogen and oxygen atoms in total. The van der Waals surface area contributed by atoms with Crippen LogP contribution in [0, 0.1) is 17.1 Å². The molecule has 0 radical (unpaired) electrons. The van der Waals surface area contributed by atoms with Crippen molar-refractivity contribution < 1.29 is 9.13 Å². The molecular formula is C12H8FNOS. The van der Waals surface area contributed by atoms with E-state index in [-0.39, 0.29) is 11.3 Å². The number of ether oxygens (including phenoxy) is 1. The molecule has 4 heteroatoms. The van der Waals surface area contributed by atoms with Gasteiger partial charge in [-0.1, -0.05) is 12.1 Å². The molecule has 0 bridgehead atoms. The summed E-state index contributed by atoms with van der Waals surface area (Å²) in [5.74, 6) is -0.262. The van der Waals surface area contributed by atoms with E-state index in [9.17, 15) is 4.39 Å². The highest BCUT2D eigenvalue weighted by atomic mass is 32.1. The van der Waals surface area contributed by atoms with E-state index >= 15 is 0 Å². The second-order valence-electron chi connectivity index (χ2n) is 3.09. The number of rotatable bonds is 3. The normalized spacial score (nSPS) is 9.75. The van der Waals surface area contributed by atoms with Crippen LogP contribution >= 0.6 is 11.3 Å². The summed E-state index contributed by atoms with van der Waals surface area (Å²) in [6, 6.07) is 10.0. The van der Waals surface area contributed by atoms with Gasteiger partial charge < -0.3 is 4.74 Å². The second-order valence-corrected chi connectivity index (χ2v) is 4.13. The SMILES string of the molecule is N#Cc1c(F)cccc1OCc1cccs1. The Balaban J connectivity index is 2.16. The first-order chi connectivity index (χ1) is 7.81. The third kappa shape index (κ3) is 2.20. The van der Waals surface area contributed by atoms with Crippen LogP contribution in [0.5, 0.6) is 5.75 Å². The Morgan fingerprint density at radius 1 is 1.31 bits per heavy atom. The average molecular weight is 233 g/mol. The van der Waals surface area contributed by atoms with Crippen LogP contribution in [0.15, 0.2) is 35.7 Å². The van der Waals surface area contributed by atoms with Gasteiger partial charge in [0.05, 0.1) is 0 Å². The maximum atomic E-state index is 13.2. The molecule has 0 amide bonds. The van der Waals surface area contributed by atoms with E-state index in [0.717, 1.165) is 4.88 Å². The fourth-order valence-electron chi connectivity index (χ4n) is 1.28. The van der Waals surface area contributed by atoms with Crippen LogP contribution in [0.25, 0.3) is 0 Å². The predicted molar refractivity (Wildman–Crippen MR) is 59.8 cm³/mol. The molecule has 0 aliphatic rings. The molecule has 1 aromatic heterocycles. The fraction of sp³-hybridized carbons (Fsp3) is 0.0833. The summed E-state index contributed by atoms with van der Waals surface area (Å²) in [6.07, 6.45) is 0. The van der Waals surface area contributed by atoms with Gasteiger partial charge in [0.2, 0.25) is 0 Å². The zero-order valence-corrected chi connectivity index (χ0v) is 9.13. The highest BCUT2D eigenvalue weighted by molar-refractivity contribution is 7.09. The molecule has 0 saturated heterocycles. The van der Waals surface area contributed by atoms with Crippen molar-refractivity contribution in [2.75, 3.05) is 0 Å². The first kappa shape index (κ1) is 10.7. The Hall–Kier alpha value is -1.86. The molecule has 0 N–H and O–H groups in total. The van der Waals surface area contributed by atoms with Crippen molar-refractivity contribution in [2.45, 2.75) is 6.61 Å². The van der Waals surface area contributed by atoms with Gasteiger partial charge in [0.25, 0.3) is 0 Å². The third-order valence-corrected chi connectivity index (χ3v) is 2.89. The minimum Gasteiger partial charge on any atom is -0.487 e. The van der Waals surface area contributed by atoms with E-state index in [2.05, 4.69) is 0 Å². The summed E-state index contributed by atoms with van der Waals surface area (Å²) in [7, 11) is 0. The molecule has 0 aliphatic heterocycles. The first-order valence-electron chi connectivity index (χ1n) is 4.65. The van der Waals surface area contributed by atoms with Crippen LogP contribution in [0.3, 0.4) is 0 Å². The van der Waals surface area contributed by atoms with Gasteiger partial charge in [-0.05, 0) is 23.6 Å². The van der Waals surface area contributed by atoms with Gasteiger partial charge in [-0.3, -0.25) is 0 Å². The van der Waals surface area contributed by atoms with Crippen molar-refractivity contribution in [2.24, 2.45) is 0 Å². The van der Waals surface area contributed by atoms with Gasteiger partial charge in [-0.15, -0.1) is 11.3 Å². The summed E-state index contributed by atoms with van der Waals surface area (Å²) in [6.45, 7) is 0.357. The summed E-state index contributed by atoms with van der Waals surface area (Å²) in [4.78, 5) is 1.04. The Kier molecular flexibility index (Phi) is 3.18. The Morgan fingerprint density at radius 2 is 2.19 bits per heavy atom. The molecule has 0 spiro atoms. The van der Waals surface area contributed by atoms with E-state index in [4.69, 9.17) is 10.00 Å². The van der Waals surface area contributed by atoms with Crippen molar-refractivity contribution >= 4 is 11.3 Å². The number of thiophene rings is 1. The molecule has 0 aliphatic carbocycles. The summed E-state index contributed by atoms with van der Waals surface area (Å²) in [5.41, 5.74) is -0.0425. The zero-order valence-electron chi connectivity index (χ0n) is 8.31. The van der Waals surface area contributed by atoms with E-state index in [1.54, 1.807) is 23.5 Å². The number of nitrogens with zero attached hydrogens (tertiary/aromatic N) is 1. The van der Waals surface area contributed by atoms with Crippen LogP contribution in [0.1, 0.15) is 10.4 Å². The summed E-state index contributed by atoms with van der Waals surface area (Å²) < 4.78 is 18.6. The van der Waals surface area contributed by atoms with Gasteiger partial charge in [-0.2, -0.15) is 5.26 Å². The smallest absolute Gasteiger partial charge is 0.144 e. The molecule has 16 heavy (non-hydrogen) atoms. The lowest BCUT2D eigenvalue weighted by Gasteiger charge is -2.06. The summed E-state index contributed by atoms with van der Waals surface area (Å²) >= 11 is 1.56. The Bertz CT molecular complexity index is 516. The van der Waals surface area contributed by atoms with Crippen LogP contribution in [-0.4, -0.2) is 0 Å². The van der Waals surface area contributed by atoms with Crippen molar-refractivity contribution in [1.29, 1.82) is 5.26 Å². The molecule has 2 aromatic rings. The average Bonchev–Trinajstić information content (AvgIpc) is 2.79. The molecule has 0 unspecified atom stereocenters. The number of hydrogen-bond donors (Lipinski definition) is 0. The molecule has 0 atom stereocenters. The molecule has 2 rings (SSSR count). The standard InChI is InChI=1S/C12H8FNOS/c13-11-4-1-5-12(10(11)7-14)15-8-9-3-2-6-16-9/h1-6H,8H2. The third-order valence-electron chi connectivity index (χ3n) is 2.04. The Morgan fingerprint density at radius 3 is 2.88 bits per heavy atom. The molecule has 0 saturated carbocycles. The minimum absolute atomic E-state index is 0.0425. The molecule has 80 valence electrons. The van der Waals surface area contributed by atoms with Gasteiger partial charge in [0, 0.05) is 4.88 Å². The molecule has 0 fully saturated rings. The van der Waals surface area contributed by atoms with Crippen LogP contribution < -0.4 is 4.74 Å². The largest absolute Gasteiger partial charge is 0.487 e. The van der Waals surface area contributed by atoms with Crippen molar-refractivity contribution in [3.05, 3.63) is 52.0 Å². The summed E-state index contributed by atoms with van der Waals surface area (Å²) in [5, 5.41) is 10.7. The number of halogens is 1. The number of nitriles is 1. The maximum absolute atomic E-state index is 13.2. The van der Waals surface area contributed by atoms with Crippen LogP contribution in [-0.2, 0) is 6.61 Å². The Labute approximate surface area is 96.5 Å². The van der Waals surface area contributed by atoms with Gasteiger partial charge >= 0.3 is 0 Å². The zero-order chi connectivity index (χ0) is 11.4. The van der Waals surface area contributed by atoms with E-state index in [1.165, 1.54) is 12.1 Å². The lowest BCUT2D eigenvalue weighted by Crippen LogP contribution is -1.96. The highest BCUT2D eigenvalue weighted by Gasteiger charge is 2.08. The lowest BCUT2D eigenvalue weighted by atomic mass is 10.2. The van der Waals surface area contributed by atoms with Crippen LogP contribution in [0.4, 0.5) is 4.39 Å². The van der Waals surface area contributed by atoms with Gasteiger partial charge in [0.1, 0.15) is 29.8 Å². The number of benzene rings is 1.